The Morgan fingerprint density at radius 2 is 1.33 bits per heavy atom. The van der Waals surface area contributed by atoms with E-state index < -0.39 is 34.0 Å². The number of hydrogen-bond donors (Lipinski definition) is 0. The van der Waals surface area contributed by atoms with Gasteiger partial charge >= 0.3 is 53.5 Å². The molecule has 0 bridgehead atoms. The van der Waals surface area contributed by atoms with Gasteiger partial charge in [0.1, 0.15) is 0 Å². The Hall–Kier alpha value is 0.310. The van der Waals surface area contributed by atoms with Crippen molar-refractivity contribution in [2.24, 2.45) is 0 Å². The van der Waals surface area contributed by atoms with Gasteiger partial charge in [0.2, 0.25) is 0 Å². The Kier molecular flexibility index (Phi) is 6.58. The van der Waals surface area contributed by atoms with Crippen molar-refractivity contribution in [2.45, 2.75) is 23.9 Å². The molecule has 0 amide bonds. The third-order valence-electron chi connectivity index (χ3n) is 1.17. The summed E-state index contributed by atoms with van der Waals surface area (Å²) >= 11 is 0. The van der Waals surface area contributed by atoms with Crippen LogP contribution in [0.3, 0.4) is 0 Å². The largest absolute Gasteiger partial charge is 1.00 e. The summed E-state index contributed by atoms with van der Waals surface area (Å²) in [4.78, 5) is 0. The van der Waals surface area contributed by atoms with E-state index in [9.17, 15) is 48.1 Å². The second-order valence-electron chi connectivity index (χ2n) is 2.45. The van der Waals surface area contributed by atoms with Crippen LogP contribution in [0.4, 0.5) is 35.1 Å². The van der Waals surface area contributed by atoms with Crippen LogP contribution in [0.2, 0.25) is 0 Å². The van der Waals surface area contributed by atoms with Crippen LogP contribution < -0.4 is 29.6 Å². The molecule has 0 saturated carbocycles. The molecule has 18 heavy (non-hydrogen) atoms. The monoisotopic (exact) mass is 320 g/mol. The van der Waals surface area contributed by atoms with Crippen LogP contribution in [0.5, 0.6) is 0 Å². The Balaban J connectivity index is 0. The maximum atomic E-state index is 12.2. The topological polar surface area (TPSA) is 66.4 Å². The standard InChI is InChI=1S/C4H2F8O4S.Na/c5-1(6)2(7,8)16-3(9,10)4(11,12)17(13,14)15;/h1H,(H,13,14,15);/q;+1/p-1. The fraction of sp³-hybridized carbons (Fsp3) is 1.00. The zero-order valence-electron chi connectivity index (χ0n) is 8.14. The molecule has 0 radical (unpaired) electrons. The molecule has 0 saturated heterocycles. The van der Waals surface area contributed by atoms with E-state index >= 15 is 0 Å². The van der Waals surface area contributed by atoms with Crippen molar-refractivity contribution < 1.29 is 82.4 Å². The molecule has 0 aliphatic heterocycles. The van der Waals surface area contributed by atoms with Gasteiger partial charge in [-0.25, -0.2) is 21.9 Å². The molecule has 0 N–H and O–H groups in total. The smallest absolute Gasteiger partial charge is 0.743 e. The first-order valence-corrected chi connectivity index (χ1v) is 4.63. The van der Waals surface area contributed by atoms with E-state index in [2.05, 4.69) is 0 Å². The van der Waals surface area contributed by atoms with Crippen molar-refractivity contribution in [1.29, 1.82) is 0 Å². The van der Waals surface area contributed by atoms with Crippen LogP contribution in [0.1, 0.15) is 0 Å². The SMILES string of the molecule is O=S(=O)([O-])C(F)(F)C(F)(F)OC(F)(F)C(F)F.[Na+]. The van der Waals surface area contributed by atoms with Gasteiger partial charge in [-0.15, -0.1) is 0 Å². The fourth-order valence-electron chi connectivity index (χ4n) is 0.420. The normalized spacial score (nSPS) is 14.6. The minimum Gasteiger partial charge on any atom is -0.743 e. The van der Waals surface area contributed by atoms with Crippen molar-refractivity contribution in [1.82, 2.24) is 0 Å². The number of halogens is 8. The van der Waals surface area contributed by atoms with E-state index in [0.29, 0.717) is 0 Å². The summed E-state index contributed by atoms with van der Waals surface area (Å²) < 4.78 is 126. The minimum atomic E-state index is -7.09. The number of alkyl halides is 8. The average Bonchev–Trinajstić information content (AvgIpc) is 1.98. The first-order chi connectivity index (χ1) is 7.15. The summed E-state index contributed by atoms with van der Waals surface area (Å²) in [6.07, 6.45) is -17.6. The molecule has 0 aliphatic carbocycles. The predicted octanol–water partition coefficient (Wildman–Crippen LogP) is -1.40. The van der Waals surface area contributed by atoms with Gasteiger partial charge in [-0.2, -0.15) is 26.3 Å². The van der Waals surface area contributed by atoms with Gasteiger partial charge < -0.3 is 4.55 Å². The van der Waals surface area contributed by atoms with E-state index in [1.165, 1.54) is 0 Å². The quantitative estimate of drug-likeness (QED) is 0.355. The van der Waals surface area contributed by atoms with Crippen molar-refractivity contribution in [3.63, 3.8) is 0 Å². The minimum absolute atomic E-state index is 0. The summed E-state index contributed by atoms with van der Waals surface area (Å²) in [7, 11) is -7.09. The molecule has 0 fully saturated rings. The molecular weight excluding hydrogens is 319 g/mol. The Morgan fingerprint density at radius 1 is 1.00 bits per heavy atom. The average molecular weight is 320 g/mol. The molecule has 0 atom stereocenters. The van der Waals surface area contributed by atoms with Crippen LogP contribution in [-0.2, 0) is 14.9 Å². The van der Waals surface area contributed by atoms with Crippen molar-refractivity contribution >= 4 is 10.1 Å². The molecule has 0 aromatic heterocycles. The van der Waals surface area contributed by atoms with E-state index in [-0.39, 0.29) is 29.6 Å². The van der Waals surface area contributed by atoms with Crippen molar-refractivity contribution in [2.75, 3.05) is 0 Å². The van der Waals surface area contributed by atoms with Gasteiger partial charge in [0, 0.05) is 0 Å². The van der Waals surface area contributed by atoms with Crippen LogP contribution in [0.25, 0.3) is 0 Å². The molecule has 0 spiro atoms. The second-order valence-corrected chi connectivity index (χ2v) is 3.87. The number of ether oxygens (including phenoxy) is 1. The summed E-state index contributed by atoms with van der Waals surface area (Å²) in [6, 6.07) is 0. The zero-order valence-corrected chi connectivity index (χ0v) is 11.0. The molecule has 14 heteroatoms. The second kappa shape index (κ2) is 5.75. The first-order valence-electron chi connectivity index (χ1n) is 3.22. The Bertz CT molecular complexity index is 381. The molecule has 104 valence electrons. The third kappa shape index (κ3) is 4.16. The molecule has 0 unspecified atom stereocenters. The van der Waals surface area contributed by atoms with E-state index in [1.807, 2.05) is 0 Å². The Labute approximate surface area is 116 Å². The third-order valence-corrected chi connectivity index (χ3v) is 2.04. The summed E-state index contributed by atoms with van der Waals surface area (Å²) in [5.74, 6) is 0. The molecule has 0 rings (SSSR count). The molecule has 0 heterocycles. The maximum Gasteiger partial charge on any atom is 1.00 e. The predicted molar refractivity (Wildman–Crippen MR) is 31.6 cm³/mol. The zero-order chi connectivity index (χ0) is 14.3. The van der Waals surface area contributed by atoms with Crippen molar-refractivity contribution in [3.05, 3.63) is 0 Å². The molecule has 0 aliphatic rings. The van der Waals surface area contributed by atoms with Crippen LogP contribution in [0, 0.1) is 0 Å². The van der Waals surface area contributed by atoms with Gasteiger partial charge in [-0.05, 0) is 0 Å². The molecule has 0 aromatic carbocycles. The van der Waals surface area contributed by atoms with Crippen molar-refractivity contribution in [3.8, 4) is 0 Å². The van der Waals surface area contributed by atoms with Gasteiger partial charge in [-0.3, -0.25) is 0 Å². The fourth-order valence-corrected chi connectivity index (χ4v) is 0.753. The van der Waals surface area contributed by atoms with Crippen LogP contribution in [0.15, 0.2) is 0 Å². The summed E-state index contributed by atoms with van der Waals surface area (Å²) in [5.41, 5.74) is 0. The van der Waals surface area contributed by atoms with E-state index in [1.54, 1.807) is 4.74 Å². The Morgan fingerprint density at radius 3 is 1.56 bits per heavy atom. The summed E-state index contributed by atoms with van der Waals surface area (Å²) in [5, 5.41) is -6.63. The molecular formula is C4HF8NaO4S. The van der Waals surface area contributed by atoms with Gasteiger partial charge in [0.05, 0.1) is 0 Å². The van der Waals surface area contributed by atoms with Gasteiger partial charge in [-0.1, -0.05) is 0 Å². The first kappa shape index (κ1) is 20.6. The van der Waals surface area contributed by atoms with E-state index in [4.69, 9.17) is 0 Å². The summed E-state index contributed by atoms with van der Waals surface area (Å²) in [6.45, 7) is 0. The molecule has 0 aromatic rings. The number of rotatable bonds is 5. The van der Waals surface area contributed by atoms with Crippen LogP contribution in [-0.4, -0.2) is 36.9 Å². The van der Waals surface area contributed by atoms with Gasteiger partial charge in [0.25, 0.3) is 0 Å². The van der Waals surface area contributed by atoms with Gasteiger partial charge in [0.15, 0.2) is 10.1 Å². The van der Waals surface area contributed by atoms with E-state index in [0.717, 1.165) is 0 Å². The maximum absolute atomic E-state index is 12.2. The number of hydrogen-bond acceptors (Lipinski definition) is 4. The molecule has 4 nitrogen and oxygen atoms in total. The van der Waals surface area contributed by atoms with Crippen LogP contribution >= 0.6 is 0 Å².